The molecule has 8 heteroatoms. The number of nitrogens with one attached hydrogen (secondary N) is 3. The predicted molar refractivity (Wildman–Crippen MR) is 95.3 cm³/mol. The number of nitrogens with two attached hydrogens (primary N) is 1. The fraction of sp³-hybridized carbons (Fsp3) is 0.438. The average molecular weight is 399 g/mol. The van der Waals surface area contributed by atoms with Crippen LogP contribution in [-0.4, -0.2) is 43.4 Å². The van der Waals surface area contributed by atoms with Crippen molar-refractivity contribution in [1.82, 2.24) is 16.0 Å². The number of carbonyl (C=O) groups is 3. The molecule has 0 saturated carbocycles. The lowest BCUT2D eigenvalue weighted by Gasteiger charge is -2.15. The molecule has 3 amide bonds. The maximum Gasteiger partial charge on any atom is 0.251 e. The third-order valence-electron chi connectivity index (χ3n) is 3.26. The van der Waals surface area contributed by atoms with E-state index in [1.807, 2.05) is 19.9 Å². The number of carbonyl (C=O) groups excluding carboxylic acids is 3. The van der Waals surface area contributed by atoms with E-state index >= 15 is 0 Å². The van der Waals surface area contributed by atoms with E-state index in [0.29, 0.717) is 5.56 Å². The number of rotatable bonds is 8. The van der Waals surface area contributed by atoms with Gasteiger partial charge in [0.1, 0.15) is 0 Å². The van der Waals surface area contributed by atoms with Gasteiger partial charge in [0.25, 0.3) is 5.91 Å². The highest BCUT2D eigenvalue weighted by Crippen LogP contribution is 2.11. The van der Waals surface area contributed by atoms with Crippen LogP contribution in [0.2, 0.25) is 0 Å². The minimum atomic E-state index is -0.637. The molecule has 1 aromatic rings. The third kappa shape index (κ3) is 7.10. The summed E-state index contributed by atoms with van der Waals surface area (Å²) in [6, 6.07) is 6.37. The topological polar surface area (TPSA) is 113 Å². The number of halogens is 1. The summed E-state index contributed by atoms with van der Waals surface area (Å²) in [7, 11) is 0. The van der Waals surface area contributed by atoms with E-state index in [0.717, 1.165) is 4.47 Å². The SMILES string of the molecule is CC(C)[C@H](N)C(=O)NCC(=O)NCCNC(=O)c1cccc(Br)c1. The van der Waals surface area contributed by atoms with Gasteiger partial charge in [0.05, 0.1) is 12.6 Å². The fourth-order valence-electron chi connectivity index (χ4n) is 1.76. The van der Waals surface area contributed by atoms with Crippen LogP contribution >= 0.6 is 15.9 Å². The summed E-state index contributed by atoms with van der Waals surface area (Å²) in [6.07, 6.45) is 0. The Bertz CT molecular complexity index is 592. The van der Waals surface area contributed by atoms with E-state index in [1.165, 1.54) is 0 Å². The standard InChI is InChI=1S/C16H23BrN4O3/c1-10(2)14(18)16(24)21-9-13(22)19-6-7-20-15(23)11-4-3-5-12(17)8-11/h3-5,8,10,14H,6-7,9,18H2,1-2H3,(H,19,22)(H,20,23)(H,21,24)/t14-/m0/s1. The molecule has 0 heterocycles. The van der Waals surface area contributed by atoms with Crippen molar-refractivity contribution in [3.8, 4) is 0 Å². The van der Waals surface area contributed by atoms with Gasteiger partial charge in [0.15, 0.2) is 0 Å². The van der Waals surface area contributed by atoms with Crippen LogP contribution in [0.3, 0.4) is 0 Å². The van der Waals surface area contributed by atoms with Gasteiger partial charge in [-0.05, 0) is 24.1 Å². The van der Waals surface area contributed by atoms with Gasteiger partial charge in [-0.2, -0.15) is 0 Å². The van der Waals surface area contributed by atoms with Crippen molar-refractivity contribution in [1.29, 1.82) is 0 Å². The first-order valence-corrected chi connectivity index (χ1v) is 8.44. The van der Waals surface area contributed by atoms with Gasteiger partial charge in [-0.25, -0.2) is 0 Å². The highest BCUT2D eigenvalue weighted by atomic mass is 79.9. The van der Waals surface area contributed by atoms with E-state index in [9.17, 15) is 14.4 Å². The van der Waals surface area contributed by atoms with E-state index in [1.54, 1.807) is 18.2 Å². The van der Waals surface area contributed by atoms with E-state index in [2.05, 4.69) is 31.9 Å². The second-order valence-corrected chi connectivity index (χ2v) is 6.52. The van der Waals surface area contributed by atoms with Crippen LogP contribution in [0.4, 0.5) is 0 Å². The Morgan fingerprint density at radius 2 is 1.79 bits per heavy atom. The summed E-state index contributed by atoms with van der Waals surface area (Å²) >= 11 is 3.30. The summed E-state index contributed by atoms with van der Waals surface area (Å²) in [4.78, 5) is 35.1. The second-order valence-electron chi connectivity index (χ2n) is 5.60. The molecular weight excluding hydrogens is 376 g/mol. The molecule has 5 N–H and O–H groups in total. The lowest BCUT2D eigenvalue weighted by Crippen LogP contribution is -2.47. The minimum absolute atomic E-state index is 0.00120. The van der Waals surface area contributed by atoms with Crippen LogP contribution in [0, 0.1) is 5.92 Å². The van der Waals surface area contributed by atoms with E-state index < -0.39 is 6.04 Å². The number of amides is 3. The highest BCUT2D eigenvalue weighted by Gasteiger charge is 2.17. The molecule has 0 spiro atoms. The van der Waals surface area contributed by atoms with Crippen molar-refractivity contribution in [3.63, 3.8) is 0 Å². The lowest BCUT2D eigenvalue weighted by molar-refractivity contribution is -0.127. The molecule has 132 valence electrons. The molecule has 0 aromatic heterocycles. The van der Waals surface area contributed by atoms with Crippen LogP contribution in [0.1, 0.15) is 24.2 Å². The summed E-state index contributed by atoms with van der Waals surface area (Å²) < 4.78 is 0.818. The Labute approximate surface area is 149 Å². The van der Waals surface area contributed by atoms with Crippen molar-refractivity contribution < 1.29 is 14.4 Å². The van der Waals surface area contributed by atoms with E-state index in [-0.39, 0.29) is 43.3 Å². The molecule has 0 unspecified atom stereocenters. The Morgan fingerprint density at radius 3 is 2.42 bits per heavy atom. The Kier molecular flexibility index (Phi) is 8.42. The summed E-state index contributed by atoms with van der Waals surface area (Å²) in [5, 5.41) is 7.78. The van der Waals surface area contributed by atoms with Crippen molar-refractivity contribution in [2.45, 2.75) is 19.9 Å². The van der Waals surface area contributed by atoms with Crippen LogP contribution in [-0.2, 0) is 9.59 Å². The third-order valence-corrected chi connectivity index (χ3v) is 3.76. The van der Waals surface area contributed by atoms with Crippen molar-refractivity contribution in [2.24, 2.45) is 11.7 Å². The molecular formula is C16H23BrN4O3. The van der Waals surface area contributed by atoms with Crippen LogP contribution < -0.4 is 21.7 Å². The predicted octanol–water partition coefficient (Wildman–Crippen LogP) is 0.395. The van der Waals surface area contributed by atoms with Crippen molar-refractivity contribution in [2.75, 3.05) is 19.6 Å². The summed E-state index contributed by atoms with van der Waals surface area (Å²) in [6.45, 7) is 4.08. The first-order valence-electron chi connectivity index (χ1n) is 7.65. The van der Waals surface area contributed by atoms with Crippen LogP contribution in [0.25, 0.3) is 0 Å². The Morgan fingerprint density at radius 1 is 1.12 bits per heavy atom. The Balaban J connectivity index is 2.22. The maximum atomic E-state index is 11.9. The minimum Gasteiger partial charge on any atom is -0.353 e. The van der Waals surface area contributed by atoms with Crippen LogP contribution in [0.5, 0.6) is 0 Å². The van der Waals surface area contributed by atoms with E-state index in [4.69, 9.17) is 5.73 Å². The second kappa shape index (κ2) is 10.0. The van der Waals surface area contributed by atoms with Gasteiger partial charge in [-0.3, -0.25) is 14.4 Å². The molecule has 0 bridgehead atoms. The molecule has 1 atom stereocenters. The zero-order valence-corrected chi connectivity index (χ0v) is 15.4. The summed E-state index contributed by atoms with van der Waals surface area (Å²) in [5.74, 6) is -0.915. The zero-order chi connectivity index (χ0) is 18.1. The number of hydrogen-bond donors (Lipinski definition) is 4. The molecule has 0 aliphatic rings. The number of benzene rings is 1. The molecule has 0 radical (unpaired) electrons. The molecule has 7 nitrogen and oxygen atoms in total. The highest BCUT2D eigenvalue weighted by molar-refractivity contribution is 9.10. The van der Waals surface area contributed by atoms with Crippen LogP contribution in [0.15, 0.2) is 28.7 Å². The van der Waals surface area contributed by atoms with Crippen molar-refractivity contribution >= 4 is 33.7 Å². The Hall–Kier alpha value is -1.93. The first-order chi connectivity index (χ1) is 11.3. The molecule has 0 aliphatic heterocycles. The first kappa shape index (κ1) is 20.1. The lowest BCUT2D eigenvalue weighted by atomic mass is 10.1. The monoisotopic (exact) mass is 398 g/mol. The smallest absolute Gasteiger partial charge is 0.251 e. The fourth-order valence-corrected chi connectivity index (χ4v) is 2.16. The molecule has 0 fully saturated rings. The van der Waals surface area contributed by atoms with Gasteiger partial charge in [-0.15, -0.1) is 0 Å². The van der Waals surface area contributed by atoms with Crippen molar-refractivity contribution in [3.05, 3.63) is 34.3 Å². The van der Waals surface area contributed by atoms with Gasteiger partial charge >= 0.3 is 0 Å². The normalized spacial score (nSPS) is 11.7. The zero-order valence-electron chi connectivity index (χ0n) is 13.8. The maximum absolute atomic E-state index is 11.9. The molecule has 1 rings (SSSR count). The molecule has 0 aliphatic carbocycles. The largest absolute Gasteiger partial charge is 0.353 e. The molecule has 0 saturated heterocycles. The summed E-state index contributed by atoms with van der Waals surface area (Å²) in [5.41, 5.74) is 6.21. The molecule has 1 aromatic carbocycles. The molecule has 24 heavy (non-hydrogen) atoms. The average Bonchev–Trinajstić information content (AvgIpc) is 2.55. The number of hydrogen-bond acceptors (Lipinski definition) is 4. The van der Waals surface area contributed by atoms with Gasteiger partial charge < -0.3 is 21.7 Å². The van der Waals surface area contributed by atoms with Gasteiger partial charge in [-0.1, -0.05) is 35.8 Å². The van der Waals surface area contributed by atoms with Gasteiger partial charge in [0, 0.05) is 23.1 Å². The van der Waals surface area contributed by atoms with Gasteiger partial charge in [0.2, 0.25) is 11.8 Å². The quantitative estimate of drug-likeness (QED) is 0.474.